The van der Waals surface area contributed by atoms with Crippen LogP contribution in [0.25, 0.3) is 0 Å². The Balaban J connectivity index is 3.26. The number of carbonyl (C=O) groups excluding carboxylic acids is 2. The zero-order valence-electron chi connectivity index (χ0n) is 8.42. The van der Waals surface area contributed by atoms with E-state index < -0.39 is 5.91 Å². The Morgan fingerprint density at radius 3 is 1.86 bits per heavy atom. The SMILES string of the molecule is C=C(CCCCCCC(N)=O)C(N)=O. The second-order valence-electron chi connectivity index (χ2n) is 3.35. The molecule has 0 heterocycles. The van der Waals surface area contributed by atoms with Crippen LogP contribution in [0.1, 0.15) is 38.5 Å². The number of rotatable bonds is 8. The van der Waals surface area contributed by atoms with Gasteiger partial charge in [0.15, 0.2) is 0 Å². The van der Waals surface area contributed by atoms with Crippen LogP contribution < -0.4 is 11.5 Å². The van der Waals surface area contributed by atoms with E-state index in [2.05, 4.69) is 6.58 Å². The third-order valence-corrected chi connectivity index (χ3v) is 2.00. The molecule has 4 N–H and O–H groups in total. The first-order chi connectivity index (χ1) is 6.54. The molecule has 0 unspecified atom stereocenters. The van der Waals surface area contributed by atoms with Gasteiger partial charge in [0.1, 0.15) is 0 Å². The van der Waals surface area contributed by atoms with Gasteiger partial charge in [0.2, 0.25) is 11.8 Å². The molecule has 0 atom stereocenters. The molecule has 4 nitrogen and oxygen atoms in total. The molecule has 4 heteroatoms. The van der Waals surface area contributed by atoms with Gasteiger partial charge >= 0.3 is 0 Å². The lowest BCUT2D eigenvalue weighted by molar-refractivity contribution is -0.118. The van der Waals surface area contributed by atoms with E-state index in [1.54, 1.807) is 0 Å². The summed E-state index contributed by atoms with van der Waals surface area (Å²) < 4.78 is 0. The molecule has 0 aromatic carbocycles. The van der Waals surface area contributed by atoms with Crippen LogP contribution in [-0.4, -0.2) is 11.8 Å². The van der Waals surface area contributed by atoms with E-state index in [0.717, 1.165) is 25.7 Å². The van der Waals surface area contributed by atoms with Gasteiger partial charge in [0.25, 0.3) is 0 Å². The van der Waals surface area contributed by atoms with Crippen molar-refractivity contribution in [2.75, 3.05) is 0 Å². The van der Waals surface area contributed by atoms with Crippen LogP contribution in [0.4, 0.5) is 0 Å². The molecule has 0 saturated carbocycles. The number of carbonyl (C=O) groups is 2. The minimum atomic E-state index is -0.429. The van der Waals surface area contributed by atoms with E-state index in [-0.39, 0.29) is 5.91 Å². The highest BCUT2D eigenvalue weighted by molar-refractivity contribution is 5.91. The first-order valence-corrected chi connectivity index (χ1v) is 4.80. The van der Waals surface area contributed by atoms with Crippen LogP contribution in [0, 0.1) is 0 Å². The number of primary amides is 2. The average molecular weight is 198 g/mol. The van der Waals surface area contributed by atoms with Crippen LogP contribution >= 0.6 is 0 Å². The molecule has 0 spiro atoms. The Morgan fingerprint density at radius 1 is 0.929 bits per heavy atom. The fourth-order valence-electron chi connectivity index (χ4n) is 1.11. The summed E-state index contributed by atoms with van der Waals surface area (Å²) in [5, 5.41) is 0. The van der Waals surface area contributed by atoms with Crippen molar-refractivity contribution in [3.05, 3.63) is 12.2 Å². The molecule has 0 saturated heterocycles. The summed E-state index contributed by atoms with van der Waals surface area (Å²) in [6, 6.07) is 0. The van der Waals surface area contributed by atoms with Crippen LogP contribution in [0.15, 0.2) is 12.2 Å². The Kier molecular flexibility index (Phi) is 6.45. The minimum Gasteiger partial charge on any atom is -0.370 e. The third kappa shape index (κ3) is 7.34. The van der Waals surface area contributed by atoms with Crippen LogP contribution in [0.2, 0.25) is 0 Å². The molecule has 0 aromatic rings. The molecule has 2 amide bonds. The van der Waals surface area contributed by atoms with Crippen LogP contribution in [-0.2, 0) is 9.59 Å². The number of hydrogen-bond donors (Lipinski definition) is 2. The van der Waals surface area contributed by atoms with Crippen molar-refractivity contribution in [3.8, 4) is 0 Å². The molecule has 0 aromatic heterocycles. The summed E-state index contributed by atoms with van der Waals surface area (Å²) in [5.41, 5.74) is 10.5. The van der Waals surface area contributed by atoms with E-state index in [9.17, 15) is 9.59 Å². The number of amides is 2. The molecule has 0 aliphatic rings. The van der Waals surface area contributed by atoms with Crippen molar-refractivity contribution in [1.82, 2.24) is 0 Å². The first kappa shape index (κ1) is 12.7. The van der Waals surface area contributed by atoms with Crippen molar-refractivity contribution in [1.29, 1.82) is 0 Å². The summed E-state index contributed by atoms with van der Waals surface area (Å²) in [6.45, 7) is 3.55. The monoisotopic (exact) mass is 198 g/mol. The van der Waals surface area contributed by atoms with Gasteiger partial charge < -0.3 is 11.5 Å². The lowest BCUT2D eigenvalue weighted by Gasteiger charge is -2.00. The number of nitrogens with two attached hydrogens (primary N) is 2. The van der Waals surface area contributed by atoms with Gasteiger partial charge in [-0.15, -0.1) is 0 Å². The average Bonchev–Trinajstić information content (AvgIpc) is 2.09. The smallest absolute Gasteiger partial charge is 0.244 e. The largest absolute Gasteiger partial charge is 0.370 e. The maximum Gasteiger partial charge on any atom is 0.244 e. The molecular weight excluding hydrogens is 180 g/mol. The number of unbranched alkanes of at least 4 members (excludes halogenated alkanes) is 3. The summed E-state index contributed by atoms with van der Waals surface area (Å²) in [5.74, 6) is -0.686. The Bertz CT molecular complexity index is 224. The first-order valence-electron chi connectivity index (χ1n) is 4.80. The van der Waals surface area contributed by atoms with E-state index in [1.807, 2.05) is 0 Å². The topological polar surface area (TPSA) is 86.2 Å². The van der Waals surface area contributed by atoms with Gasteiger partial charge in [0, 0.05) is 12.0 Å². The Hall–Kier alpha value is -1.32. The molecule has 0 radical (unpaired) electrons. The van der Waals surface area contributed by atoms with E-state index in [0.29, 0.717) is 18.4 Å². The molecule has 0 aliphatic carbocycles. The Labute approximate surface area is 84.3 Å². The predicted molar refractivity (Wildman–Crippen MR) is 55.2 cm³/mol. The predicted octanol–water partition coefficient (Wildman–Crippen LogP) is 0.854. The van der Waals surface area contributed by atoms with Crippen LogP contribution in [0.5, 0.6) is 0 Å². The van der Waals surface area contributed by atoms with Gasteiger partial charge in [-0.1, -0.05) is 19.4 Å². The molecule has 80 valence electrons. The summed E-state index contributed by atoms with van der Waals surface area (Å²) in [6.07, 6.45) is 4.72. The number of hydrogen-bond acceptors (Lipinski definition) is 2. The van der Waals surface area contributed by atoms with E-state index >= 15 is 0 Å². The summed E-state index contributed by atoms with van der Waals surface area (Å²) in [4.78, 5) is 20.9. The maximum absolute atomic E-state index is 10.6. The molecule has 14 heavy (non-hydrogen) atoms. The lowest BCUT2D eigenvalue weighted by atomic mass is 10.1. The third-order valence-electron chi connectivity index (χ3n) is 2.00. The van der Waals surface area contributed by atoms with Crippen molar-refractivity contribution in [2.45, 2.75) is 38.5 Å². The second kappa shape index (κ2) is 7.12. The van der Waals surface area contributed by atoms with Gasteiger partial charge in [-0.3, -0.25) is 9.59 Å². The van der Waals surface area contributed by atoms with Gasteiger partial charge in [-0.2, -0.15) is 0 Å². The van der Waals surface area contributed by atoms with E-state index in [4.69, 9.17) is 11.5 Å². The molecule has 0 bridgehead atoms. The standard InChI is InChI=1S/C10H18N2O2/c1-8(10(12)14)6-4-2-3-5-7-9(11)13/h1-7H2,(H2,11,13)(H2,12,14). The fraction of sp³-hybridized carbons (Fsp3) is 0.600. The Morgan fingerprint density at radius 2 is 1.43 bits per heavy atom. The molecule has 0 rings (SSSR count). The van der Waals surface area contributed by atoms with Crippen molar-refractivity contribution >= 4 is 11.8 Å². The fourth-order valence-corrected chi connectivity index (χ4v) is 1.11. The van der Waals surface area contributed by atoms with Crippen molar-refractivity contribution < 1.29 is 9.59 Å². The van der Waals surface area contributed by atoms with Gasteiger partial charge in [-0.05, 0) is 19.3 Å². The normalized spacial score (nSPS) is 9.71. The van der Waals surface area contributed by atoms with E-state index in [1.165, 1.54) is 0 Å². The molecule has 0 fully saturated rings. The van der Waals surface area contributed by atoms with Crippen molar-refractivity contribution in [2.24, 2.45) is 11.5 Å². The summed E-state index contributed by atoms with van der Waals surface area (Å²) in [7, 11) is 0. The highest BCUT2D eigenvalue weighted by Gasteiger charge is 2.00. The zero-order chi connectivity index (χ0) is 11.0. The lowest BCUT2D eigenvalue weighted by Crippen LogP contribution is -2.12. The van der Waals surface area contributed by atoms with Crippen molar-refractivity contribution in [3.63, 3.8) is 0 Å². The molecular formula is C10H18N2O2. The zero-order valence-corrected chi connectivity index (χ0v) is 8.42. The van der Waals surface area contributed by atoms with Gasteiger partial charge in [0.05, 0.1) is 0 Å². The minimum absolute atomic E-state index is 0.258. The van der Waals surface area contributed by atoms with Gasteiger partial charge in [-0.25, -0.2) is 0 Å². The highest BCUT2D eigenvalue weighted by Crippen LogP contribution is 2.09. The molecule has 0 aliphatic heterocycles. The second-order valence-corrected chi connectivity index (χ2v) is 3.35. The summed E-state index contributed by atoms with van der Waals surface area (Å²) >= 11 is 0. The highest BCUT2D eigenvalue weighted by atomic mass is 16.1. The maximum atomic E-state index is 10.6. The quantitative estimate of drug-likeness (QED) is 0.447. The van der Waals surface area contributed by atoms with Crippen LogP contribution in [0.3, 0.4) is 0 Å².